The first kappa shape index (κ1) is 15.3. The normalized spacial score (nSPS) is 28.7. The summed E-state index contributed by atoms with van der Waals surface area (Å²) in [4.78, 5) is 12.5. The first-order chi connectivity index (χ1) is 10.7. The number of amides is 1. The van der Waals surface area contributed by atoms with E-state index in [4.69, 9.17) is 4.74 Å². The number of rotatable bonds is 4. The van der Waals surface area contributed by atoms with Crippen molar-refractivity contribution in [1.29, 1.82) is 0 Å². The van der Waals surface area contributed by atoms with Gasteiger partial charge in [-0.3, -0.25) is 4.79 Å². The summed E-state index contributed by atoms with van der Waals surface area (Å²) in [5.74, 6) is 1.64. The van der Waals surface area contributed by atoms with E-state index in [1.165, 1.54) is 25.7 Å². The lowest BCUT2D eigenvalue weighted by Crippen LogP contribution is -2.43. The minimum Gasteiger partial charge on any atom is -0.497 e. The van der Waals surface area contributed by atoms with Gasteiger partial charge in [-0.15, -0.1) is 0 Å². The van der Waals surface area contributed by atoms with Crippen LogP contribution in [0.2, 0.25) is 0 Å². The van der Waals surface area contributed by atoms with Crippen molar-refractivity contribution in [1.82, 2.24) is 10.6 Å². The van der Waals surface area contributed by atoms with Crippen LogP contribution in [-0.2, 0) is 4.79 Å². The fraction of sp³-hybridized carbons (Fsp3) is 0.611. The molecule has 1 saturated heterocycles. The minimum atomic E-state index is -0.0267. The third kappa shape index (κ3) is 3.27. The standard InChI is InChI=1S/C18H26N2O2/c1-12(13-7-5-8-15(10-13)22-2)19-18(21)17-11-14-6-3-4-9-16(14)20-17/h5,7-8,10,12,14,16-17,20H,3-4,6,9,11H2,1-2H3,(H,19,21). The molecule has 4 nitrogen and oxygen atoms in total. The van der Waals surface area contributed by atoms with Gasteiger partial charge in [-0.25, -0.2) is 0 Å². The molecule has 0 spiro atoms. The Bertz CT molecular complexity index is 518. The topological polar surface area (TPSA) is 50.4 Å². The molecule has 1 heterocycles. The second kappa shape index (κ2) is 6.69. The molecule has 2 aliphatic rings. The Morgan fingerprint density at radius 2 is 2.18 bits per heavy atom. The summed E-state index contributed by atoms with van der Waals surface area (Å²) >= 11 is 0. The van der Waals surface area contributed by atoms with E-state index in [-0.39, 0.29) is 18.0 Å². The van der Waals surface area contributed by atoms with Crippen LogP contribution in [0.15, 0.2) is 24.3 Å². The van der Waals surface area contributed by atoms with Crippen LogP contribution in [0.3, 0.4) is 0 Å². The summed E-state index contributed by atoms with van der Waals surface area (Å²) in [6.45, 7) is 2.02. The SMILES string of the molecule is COc1cccc(C(C)NC(=O)C2CC3CCCCC3N2)c1. The Morgan fingerprint density at radius 1 is 1.36 bits per heavy atom. The molecule has 1 amide bonds. The fourth-order valence-electron chi connectivity index (χ4n) is 3.83. The molecule has 1 aliphatic heterocycles. The van der Waals surface area contributed by atoms with Gasteiger partial charge >= 0.3 is 0 Å². The maximum atomic E-state index is 12.5. The van der Waals surface area contributed by atoms with Gasteiger partial charge in [-0.2, -0.15) is 0 Å². The van der Waals surface area contributed by atoms with Crippen molar-refractivity contribution in [2.75, 3.05) is 7.11 Å². The van der Waals surface area contributed by atoms with Gasteiger partial charge in [0.25, 0.3) is 0 Å². The van der Waals surface area contributed by atoms with Crippen LogP contribution in [0.5, 0.6) is 5.75 Å². The van der Waals surface area contributed by atoms with Crippen LogP contribution in [0, 0.1) is 5.92 Å². The number of benzene rings is 1. The zero-order valence-corrected chi connectivity index (χ0v) is 13.5. The molecule has 3 rings (SSSR count). The molecule has 0 radical (unpaired) electrons. The van der Waals surface area contributed by atoms with Crippen molar-refractivity contribution in [2.24, 2.45) is 5.92 Å². The molecular weight excluding hydrogens is 276 g/mol. The minimum absolute atomic E-state index is 0.00738. The molecule has 2 N–H and O–H groups in total. The highest BCUT2D eigenvalue weighted by Crippen LogP contribution is 2.33. The van der Waals surface area contributed by atoms with Gasteiger partial charge in [0.2, 0.25) is 5.91 Å². The number of ether oxygens (including phenoxy) is 1. The molecule has 1 saturated carbocycles. The van der Waals surface area contributed by atoms with Crippen molar-refractivity contribution in [3.63, 3.8) is 0 Å². The largest absolute Gasteiger partial charge is 0.497 e. The lowest BCUT2D eigenvalue weighted by molar-refractivity contribution is -0.123. The van der Waals surface area contributed by atoms with Gasteiger partial charge in [-0.1, -0.05) is 25.0 Å². The molecule has 4 heteroatoms. The number of carbonyl (C=O) groups is 1. The van der Waals surface area contributed by atoms with E-state index in [1.54, 1.807) is 7.11 Å². The predicted molar refractivity (Wildman–Crippen MR) is 86.8 cm³/mol. The fourth-order valence-corrected chi connectivity index (χ4v) is 3.83. The lowest BCUT2D eigenvalue weighted by Gasteiger charge is -2.24. The Morgan fingerprint density at radius 3 is 2.95 bits per heavy atom. The zero-order chi connectivity index (χ0) is 15.5. The summed E-state index contributed by atoms with van der Waals surface area (Å²) in [7, 11) is 1.66. The molecular formula is C18H26N2O2. The van der Waals surface area contributed by atoms with Crippen molar-refractivity contribution >= 4 is 5.91 Å². The van der Waals surface area contributed by atoms with E-state index in [1.807, 2.05) is 31.2 Å². The van der Waals surface area contributed by atoms with E-state index < -0.39 is 0 Å². The highest BCUT2D eigenvalue weighted by Gasteiger charge is 2.38. The van der Waals surface area contributed by atoms with Crippen LogP contribution < -0.4 is 15.4 Å². The quantitative estimate of drug-likeness (QED) is 0.899. The van der Waals surface area contributed by atoms with Gasteiger partial charge in [0.1, 0.15) is 5.75 Å². The van der Waals surface area contributed by atoms with Crippen molar-refractivity contribution in [3.05, 3.63) is 29.8 Å². The van der Waals surface area contributed by atoms with Crippen molar-refractivity contribution < 1.29 is 9.53 Å². The third-order valence-corrected chi connectivity index (χ3v) is 5.13. The summed E-state index contributed by atoms with van der Waals surface area (Å²) in [6, 6.07) is 8.40. The van der Waals surface area contributed by atoms with Gasteiger partial charge in [0.05, 0.1) is 19.2 Å². The van der Waals surface area contributed by atoms with E-state index in [2.05, 4.69) is 10.6 Å². The summed E-state index contributed by atoms with van der Waals surface area (Å²) < 4.78 is 5.25. The molecule has 120 valence electrons. The molecule has 0 bridgehead atoms. The van der Waals surface area contributed by atoms with E-state index in [9.17, 15) is 4.79 Å². The second-order valence-electron chi connectivity index (χ2n) is 6.61. The summed E-state index contributed by atoms with van der Waals surface area (Å²) in [6.07, 6.45) is 6.09. The van der Waals surface area contributed by atoms with Crippen LogP contribution in [0.25, 0.3) is 0 Å². The summed E-state index contributed by atoms with van der Waals surface area (Å²) in [5.41, 5.74) is 1.07. The van der Waals surface area contributed by atoms with Crippen LogP contribution in [0.1, 0.15) is 50.6 Å². The first-order valence-corrected chi connectivity index (χ1v) is 8.37. The van der Waals surface area contributed by atoms with E-state index in [0.29, 0.717) is 12.0 Å². The molecule has 2 fully saturated rings. The molecule has 1 aromatic rings. The molecule has 1 aromatic carbocycles. The molecule has 0 aromatic heterocycles. The number of carbonyl (C=O) groups excluding carboxylic acids is 1. The van der Waals surface area contributed by atoms with Crippen LogP contribution in [0.4, 0.5) is 0 Å². The highest BCUT2D eigenvalue weighted by atomic mass is 16.5. The molecule has 1 aliphatic carbocycles. The van der Waals surface area contributed by atoms with Crippen molar-refractivity contribution in [3.8, 4) is 5.75 Å². The van der Waals surface area contributed by atoms with Gasteiger partial charge in [-0.05, 0) is 49.8 Å². The van der Waals surface area contributed by atoms with Crippen LogP contribution >= 0.6 is 0 Å². The first-order valence-electron chi connectivity index (χ1n) is 8.37. The zero-order valence-electron chi connectivity index (χ0n) is 13.5. The van der Waals surface area contributed by atoms with Gasteiger partial charge < -0.3 is 15.4 Å². The van der Waals surface area contributed by atoms with Gasteiger partial charge in [0.15, 0.2) is 0 Å². The number of hydrogen-bond donors (Lipinski definition) is 2. The predicted octanol–water partition coefficient (Wildman–Crippen LogP) is 2.79. The molecule has 4 atom stereocenters. The Labute approximate surface area is 132 Å². The third-order valence-electron chi connectivity index (χ3n) is 5.13. The average molecular weight is 302 g/mol. The number of methoxy groups -OCH3 is 1. The number of nitrogens with one attached hydrogen (secondary N) is 2. The number of hydrogen-bond acceptors (Lipinski definition) is 3. The van der Waals surface area contributed by atoms with E-state index in [0.717, 1.165) is 17.7 Å². The van der Waals surface area contributed by atoms with E-state index >= 15 is 0 Å². The maximum absolute atomic E-state index is 12.5. The lowest BCUT2D eigenvalue weighted by atomic mass is 9.85. The summed E-state index contributed by atoms with van der Waals surface area (Å²) in [5, 5.41) is 6.68. The van der Waals surface area contributed by atoms with Crippen LogP contribution in [-0.4, -0.2) is 25.1 Å². The smallest absolute Gasteiger partial charge is 0.237 e. The highest BCUT2D eigenvalue weighted by molar-refractivity contribution is 5.82. The number of fused-ring (bicyclic) bond motifs is 1. The van der Waals surface area contributed by atoms with Gasteiger partial charge in [0, 0.05) is 6.04 Å². The Balaban J connectivity index is 1.59. The second-order valence-corrected chi connectivity index (χ2v) is 6.61. The Hall–Kier alpha value is -1.55. The molecule has 22 heavy (non-hydrogen) atoms. The molecule has 4 unspecified atom stereocenters. The average Bonchev–Trinajstić information content (AvgIpc) is 2.99. The van der Waals surface area contributed by atoms with Crippen molar-refractivity contribution in [2.45, 2.75) is 57.2 Å². The Kier molecular flexibility index (Phi) is 4.67. The maximum Gasteiger partial charge on any atom is 0.237 e. The monoisotopic (exact) mass is 302 g/mol.